The molecule has 3 atom stereocenters. The average molecular weight is 211 g/mol. The molecule has 2 rings (SSSR count). The zero-order chi connectivity index (χ0) is 10.9. The maximum Gasteiger partial charge on any atom is 0.0693 e. The summed E-state index contributed by atoms with van der Waals surface area (Å²) in [5, 5.41) is 13.7. The molecule has 0 heterocycles. The van der Waals surface area contributed by atoms with Gasteiger partial charge in [-0.3, -0.25) is 0 Å². The van der Waals surface area contributed by atoms with Crippen molar-refractivity contribution in [1.82, 2.24) is 5.32 Å². The third kappa shape index (κ3) is 2.73. The fourth-order valence-electron chi connectivity index (χ4n) is 2.63. The van der Waals surface area contributed by atoms with Crippen LogP contribution in [0.15, 0.2) is 0 Å². The van der Waals surface area contributed by atoms with Crippen LogP contribution in [0.2, 0.25) is 0 Å². The molecule has 2 fully saturated rings. The highest BCUT2D eigenvalue weighted by Crippen LogP contribution is 2.48. The predicted octanol–water partition coefficient (Wildman–Crippen LogP) is 2.46. The standard InChI is InChI=1S/C13H25NO/c1-10(13(2)8-9-13)14-11-6-4-3-5-7-12(11)15/h10-12,14-15H,3-9H2,1-2H3. The van der Waals surface area contributed by atoms with Gasteiger partial charge in [0.15, 0.2) is 0 Å². The molecule has 2 saturated carbocycles. The van der Waals surface area contributed by atoms with Crippen molar-refractivity contribution in [3.05, 3.63) is 0 Å². The monoisotopic (exact) mass is 211 g/mol. The third-order valence-corrected chi connectivity index (χ3v) is 4.53. The van der Waals surface area contributed by atoms with Gasteiger partial charge in [0, 0.05) is 12.1 Å². The van der Waals surface area contributed by atoms with E-state index in [4.69, 9.17) is 0 Å². The van der Waals surface area contributed by atoms with Gasteiger partial charge in [-0.2, -0.15) is 0 Å². The summed E-state index contributed by atoms with van der Waals surface area (Å²) in [6.07, 6.45) is 8.50. The molecule has 15 heavy (non-hydrogen) atoms. The highest BCUT2D eigenvalue weighted by Gasteiger charge is 2.43. The molecule has 0 aromatic carbocycles. The molecule has 2 heteroatoms. The van der Waals surface area contributed by atoms with E-state index in [0.717, 1.165) is 12.8 Å². The van der Waals surface area contributed by atoms with E-state index in [9.17, 15) is 5.11 Å². The minimum absolute atomic E-state index is 0.114. The molecule has 0 radical (unpaired) electrons. The highest BCUT2D eigenvalue weighted by atomic mass is 16.3. The lowest BCUT2D eigenvalue weighted by atomic mass is 9.97. The second kappa shape index (κ2) is 4.42. The average Bonchev–Trinajstić information content (AvgIpc) is 2.96. The predicted molar refractivity (Wildman–Crippen MR) is 62.8 cm³/mol. The maximum absolute atomic E-state index is 10.0. The second-order valence-electron chi connectivity index (χ2n) is 5.85. The zero-order valence-electron chi connectivity index (χ0n) is 10.1. The van der Waals surface area contributed by atoms with Crippen LogP contribution in [0.4, 0.5) is 0 Å². The lowest BCUT2D eigenvalue weighted by molar-refractivity contribution is 0.108. The zero-order valence-corrected chi connectivity index (χ0v) is 10.1. The summed E-state index contributed by atoms with van der Waals surface area (Å²) in [6, 6.07) is 0.912. The van der Waals surface area contributed by atoms with Crippen molar-refractivity contribution >= 4 is 0 Å². The molecule has 2 aliphatic carbocycles. The first-order valence-corrected chi connectivity index (χ1v) is 6.56. The Hall–Kier alpha value is -0.0800. The number of aliphatic hydroxyl groups is 1. The minimum atomic E-state index is -0.114. The van der Waals surface area contributed by atoms with Gasteiger partial charge in [0.1, 0.15) is 0 Å². The Bertz CT molecular complexity index is 213. The van der Waals surface area contributed by atoms with Crippen LogP contribution in [0, 0.1) is 5.41 Å². The fourth-order valence-corrected chi connectivity index (χ4v) is 2.63. The van der Waals surface area contributed by atoms with Crippen molar-refractivity contribution in [2.45, 2.75) is 77.0 Å². The molecule has 0 spiro atoms. The topological polar surface area (TPSA) is 32.3 Å². The van der Waals surface area contributed by atoms with E-state index in [-0.39, 0.29) is 6.10 Å². The van der Waals surface area contributed by atoms with Gasteiger partial charge in [-0.05, 0) is 38.0 Å². The number of nitrogens with one attached hydrogen (secondary N) is 1. The van der Waals surface area contributed by atoms with Crippen molar-refractivity contribution in [3.63, 3.8) is 0 Å². The molecule has 2 aliphatic rings. The molecule has 2 nitrogen and oxygen atoms in total. The summed E-state index contributed by atoms with van der Waals surface area (Å²) in [5.41, 5.74) is 0.520. The number of rotatable bonds is 3. The van der Waals surface area contributed by atoms with Crippen molar-refractivity contribution in [2.75, 3.05) is 0 Å². The minimum Gasteiger partial charge on any atom is -0.392 e. The maximum atomic E-state index is 10.0. The quantitative estimate of drug-likeness (QED) is 0.703. The number of hydrogen-bond acceptors (Lipinski definition) is 2. The lowest BCUT2D eigenvalue weighted by Crippen LogP contribution is -2.46. The fraction of sp³-hybridized carbons (Fsp3) is 1.00. The molecule has 0 bridgehead atoms. The van der Waals surface area contributed by atoms with Gasteiger partial charge in [0.2, 0.25) is 0 Å². The summed E-state index contributed by atoms with van der Waals surface area (Å²) < 4.78 is 0. The molecular formula is C13H25NO. The summed E-state index contributed by atoms with van der Waals surface area (Å²) in [5.74, 6) is 0. The van der Waals surface area contributed by atoms with Gasteiger partial charge in [-0.15, -0.1) is 0 Å². The smallest absolute Gasteiger partial charge is 0.0693 e. The Morgan fingerprint density at radius 2 is 1.87 bits per heavy atom. The van der Waals surface area contributed by atoms with E-state index in [0.29, 0.717) is 17.5 Å². The van der Waals surface area contributed by atoms with Crippen LogP contribution in [-0.4, -0.2) is 23.3 Å². The van der Waals surface area contributed by atoms with Gasteiger partial charge in [-0.1, -0.05) is 26.2 Å². The first-order chi connectivity index (χ1) is 7.12. The number of aliphatic hydroxyl groups excluding tert-OH is 1. The third-order valence-electron chi connectivity index (χ3n) is 4.53. The SMILES string of the molecule is CC(NC1CCCCCC1O)C1(C)CC1. The van der Waals surface area contributed by atoms with Crippen molar-refractivity contribution in [3.8, 4) is 0 Å². The summed E-state index contributed by atoms with van der Waals surface area (Å²) >= 11 is 0. The van der Waals surface area contributed by atoms with Crippen LogP contribution in [0.1, 0.15) is 58.8 Å². The Kier molecular flexibility index (Phi) is 3.36. The van der Waals surface area contributed by atoms with Gasteiger partial charge in [0.05, 0.1) is 6.10 Å². The lowest BCUT2D eigenvalue weighted by Gasteiger charge is -2.29. The van der Waals surface area contributed by atoms with E-state index < -0.39 is 0 Å². The first-order valence-electron chi connectivity index (χ1n) is 6.56. The molecule has 2 N–H and O–H groups in total. The summed E-state index contributed by atoms with van der Waals surface area (Å²) in [7, 11) is 0. The normalized spacial score (nSPS) is 37.0. The molecule has 88 valence electrons. The number of hydrogen-bond donors (Lipinski definition) is 2. The molecular weight excluding hydrogens is 186 g/mol. The van der Waals surface area contributed by atoms with Crippen LogP contribution >= 0.6 is 0 Å². The van der Waals surface area contributed by atoms with E-state index in [1.54, 1.807) is 0 Å². The van der Waals surface area contributed by atoms with E-state index >= 15 is 0 Å². The Morgan fingerprint density at radius 3 is 2.53 bits per heavy atom. The van der Waals surface area contributed by atoms with Gasteiger partial charge < -0.3 is 10.4 Å². The summed E-state index contributed by atoms with van der Waals surface area (Å²) in [4.78, 5) is 0. The van der Waals surface area contributed by atoms with Crippen LogP contribution in [-0.2, 0) is 0 Å². The van der Waals surface area contributed by atoms with Crippen LogP contribution in [0.5, 0.6) is 0 Å². The molecule has 3 unspecified atom stereocenters. The Balaban J connectivity index is 1.85. The van der Waals surface area contributed by atoms with Crippen molar-refractivity contribution < 1.29 is 5.11 Å². The molecule has 0 amide bonds. The van der Waals surface area contributed by atoms with E-state index in [2.05, 4.69) is 19.2 Å². The highest BCUT2D eigenvalue weighted by molar-refractivity contribution is 4.98. The Morgan fingerprint density at radius 1 is 1.20 bits per heavy atom. The van der Waals surface area contributed by atoms with Crippen LogP contribution < -0.4 is 5.32 Å². The molecule has 0 saturated heterocycles. The second-order valence-corrected chi connectivity index (χ2v) is 5.85. The van der Waals surface area contributed by atoms with Gasteiger partial charge >= 0.3 is 0 Å². The van der Waals surface area contributed by atoms with E-state index in [1.165, 1.54) is 32.1 Å². The Labute approximate surface area is 93.5 Å². The van der Waals surface area contributed by atoms with Crippen LogP contribution in [0.25, 0.3) is 0 Å². The molecule has 0 aromatic heterocycles. The van der Waals surface area contributed by atoms with Crippen LogP contribution in [0.3, 0.4) is 0 Å². The van der Waals surface area contributed by atoms with E-state index in [1.807, 2.05) is 0 Å². The van der Waals surface area contributed by atoms with Crippen molar-refractivity contribution in [1.29, 1.82) is 0 Å². The first kappa shape index (κ1) is 11.4. The van der Waals surface area contributed by atoms with Gasteiger partial charge in [-0.25, -0.2) is 0 Å². The largest absolute Gasteiger partial charge is 0.392 e. The van der Waals surface area contributed by atoms with Gasteiger partial charge in [0.25, 0.3) is 0 Å². The summed E-state index contributed by atoms with van der Waals surface area (Å²) in [6.45, 7) is 4.64. The molecule has 0 aromatic rings. The molecule has 0 aliphatic heterocycles. The van der Waals surface area contributed by atoms with Crippen molar-refractivity contribution in [2.24, 2.45) is 5.41 Å².